The predicted molar refractivity (Wildman–Crippen MR) is 147 cm³/mol. The van der Waals surface area contributed by atoms with Crippen LogP contribution in [0.2, 0.25) is 0 Å². The van der Waals surface area contributed by atoms with Crippen molar-refractivity contribution in [2.45, 2.75) is 13.3 Å². The van der Waals surface area contributed by atoms with Crippen LogP contribution in [0.3, 0.4) is 0 Å². The van der Waals surface area contributed by atoms with Gasteiger partial charge >= 0.3 is 0 Å². The highest BCUT2D eigenvalue weighted by Crippen LogP contribution is 2.31. The van der Waals surface area contributed by atoms with E-state index in [2.05, 4.69) is 26.5 Å². The molecule has 1 aliphatic rings. The monoisotopic (exact) mass is 502 g/mol. The maximum Gasteiger partial charge on any atom is 0.262 e. The molecule has 0 radical (unpaired) electrons. The number of nitrogens with zero attached hydrogens (tertiary/aromatic N) is 2. The first kappa shape index (κ1) is 25.9. The van der Waals surface area contributed by atoms with E-state index in [1.807, 2.05) is 55.5 Å². The Balaban J connectivity index is 1.46. The molecule has 8 nitrogen and oxygen atoms in total. The minimum Gasteiger partial charge on any atom is -0.495 e. The van der Waals surface area contributed by atoms with Gasteiger partial charge in [0.2, 0.25) is 0 Å². The number of carbonyl (C=O) groups excluding carboxylic acids is 2. The Morgan fingerprint density at radius 1 is 0.865 bits per heavy atom. The molecular formula is C29H34N4O4. The van der Waals surface area contributed by atoms with Crippen molar-refractivity contribution in [3.05, 3.63) is 78.4 Å². The summed E-state index contributed by atoms with van der Waals surface area (Å²) in [6, 6.07) is 22.7. The number of piperazine rings is 1. The third-order valence-electron chi connectivity index (χ3n) is 6.22. The number of carbonyl (C=O) groups is 2. The van der Waals surface area contributed by atoms with E-state index in [9.17, 15) is 9.59 Å². The number of rotatable bonds is 10. The number of para-hydroxylation sites is 3. The first-order valence-electron chi connectivity index (χ1n) is 12.6. The van der Waals surface area contributed by atoms with Crippen LogP contribution in [0.25, 0.3) is 0 Å². The molecule has 1 fully saturated rings. The zero-order valence-corrected chi connectivity index (χ0v) is 21.4. The summed E-state index contributed by atoms with van der Waals surface area (Å²) in [5.41, 5.74) is 3.02. The minimum atomic E-state index is -0.290. The van der Waals surface area contributed by atoms with Gasteiger partial charge in [-0.25, -0.2) is 0 Å². The summed E-state index contributed by atoms with van der Waals surface area (Å²) in [7, 11) is 1.68. The molecule has 0 atom stereocenters. The number of hydrogen-bond acceptors (Lipinski definition) is 6. The molecule has 3 aromatic carbocycles. The summed E-state index contributed by atoms with van der Waals surface area (Å²) >= 11 is 0. The summed E-state index contributed by atoms with van der Waals surface area (Å²) in [6.07, 6.45) is 0.839. The fraction of sp³-hybridized carbons (Fsp3) is 0.310. The Kier molecular flexibility index (Phi) is 8.86. The van der Waals surface area contributed by atoms with E-state index in [4.69, 9.17) is 9.47 Å². The summed E-state index contributed by atoms with van der Waals surface area (Å²) < 4.78 is 11.1. The predicted octanol–water partition coefficient (Wildman–Crippen LogP) is 4.18. The van der Waals surface area contributed by atoms with Crippen molar-refractivity contribution in [3.8, 4) is 11.5 Å². The van der Waals surface area contributed by atoms with Gasteiger partial charge in [-0.05, 0) is 48.9 Å². The van der Waals surface area contributed by atoms with Gasteiger partial charge in [0, 0.05) is 44.1 Å². The van der Waals surface area contributed by atoms with Crippen molar-refractivity contribution >= 4 is 28.9 Å². The van der Waals surface area contributed by atoms with Gasteiger partial charge in [-0.3, -0.25) is 9.59 Å². The van der Waals surface area contributed by atoms with Crippen LogP contribution in [0.1, 0.15) is 23.7 Å². The van der Waals surface area contributed by atoms with Gasteiger partial charge < -0.3 is 29.9 Å². The summed E-state index contributed by atoms with van der Waals surface area (Å²) in [6.45, 7) is 5.58. The van der Waals surface area contributed by atoms with E-state index in [0.717, 1.165) is 49.7 Å². The molecule has 194 valence electrons. The zero-order chi connectivity index (χ0) is 26.0. The van der Waals surface area contributed by atoms with Crippen LogP contribution in [0.5, 0.6) is 11.5 Å². The van der Waals surface area contributed by atoms with Gasteiger partial charge in [-0.2, -0.15) is 0 Å². The van der Waals surface area contributed by atoms with E-state index in [1.165, 1.54) is 0 Å². The minimum absolute atomic E-state index is 0.117. The van der Waals surface area contributed by atoms with Crippen LogP contribution in [0.15, 0.2) is 72.8 Å². The maximum absolute atomic E-state index is 13.1. The molecule has 1 aliphatic heterocycles. The number of methoxy groups -OCH3 is 1. The molecule has 1 heterocycles. The van der Waals surface area contributed by atoms with Crippen molar-refractivity contribution in [1.29, 1.82) is 0 Å². The highest BCUT2D eigenvalue weighted by atomic mass is 16.5. The standard InChI is InChI=1S/C29H34N4O4/c1-3-15-30-29(35)24-20-22(31-28(34)21-37-23-9-5-4-6-10-23)13-14-25(24)32-16-18-33(19-17-32)26-11-7-8-12-27(26)36-2/h4-14,20H,3,15-19,21H2,1-2H3,(H,30,35)(H,31,34). The highest BCUT2D eigenvalue weighted by molar-refractivity contribution is 6.02. The van der Waals surface area contributed by atoms with Gasteiger partial charge in [-0.1, -0.05) is 37.3 Å². The van der Waals surface area contributed by atoms with Crippen LogP contribution in [-0.4, -0.2) is 58.3 Å². The molecule has 2 amide bonds. The SMILES string of the molecule is CCCNC(=O)c1cc(NC(=O)COc2ccccc2)ccc1N1CCN(c2ccccc2OC)CC1. The summed E-state index contributed by atoms with van der Waals surface area (Å²) in [5.74, 6) is 1.04. The van der Waals surface area contributed by atoms with Crippen LogP contribution in [0, 0.1) is 0 Å². The second-order valence-electron chi connectivity index (χ2n) is 8.78. The Bertz CT molecular complexity index is 1190. The lowest BCUT2D eigenvalue weighted by atomic mass is 10.1. The molecule has 0 aromatic heterocycles. The number of benzene rings is 3. The van der Waals surface area contributed by atoms with Crippen LogP contribution < -0.4 is 29.9 Å². The van der Waals surface area contributed by atoms with Gasteiger partial charge in [0.15, 0.2) is 6.61 Å². The molecule has 37 heavy (non-hydrogen) atoms. The number of hydrogen-bond donors (Lipinski definition) is 2. The lowest BCUT2D eigenvalue weighted by Crippen LogP contribution is -2.47. The van der Waals surface area contributed by atoms with Crippen molar-refractivity contribution in [2.75, 3.05) is 61.6 Å². The number of ether oxygens (including phenoxy) is 2. The van der Waals surface area contributed by atoms with Crippen LogP contribution >= 0.6 is 0 Å². The van der Waals surface area contributed by atoms with E-state index in [-0.39, 0.29) is 18.4 Å². The molecule has 0 unspecified atom stereocenters. The lowest BCUT2D eigenvalue weighted by molar-refractivity contribution is -0.118. The molecule has 3 aromatic rings. The molecule has 0 saturated carbocycles. The average Bonchev–Trinajstić information content (AvgIpc) is 2.95. The van der Waals surface area contributed by atoms with E-state index in [1.54, 1.807) is 25.3 Å². The van der Waals surface area contributed by atoms with Crippen molar-refractivity contribution in [1.82, 2.24) is 5.32 Å². The van der Waals surface area contributed by atoms with Gasteiger partial charge in [0.1, 0.15) is 11.5 Å². The second-order valence-corrected chi connectivity index (χ2v) is 8.78. The van der Waals surface area contributed by atoms with E-state index >= 15 is 0 Å². The Morgan fingerprint density at radius 2 is 1.54 bits per heavy atom. The van der Waals surface area contributed by atoms with Crippen molar-refractivity contribution in [2.24, 2.45) is 0 Å². The Morgan fingerprint density at radius 3 is 2.24 bits per heavy atom. The Hall–Kier alpha value is -4.20. The molecule has 0 aliphatic carbocycles. The van der Waals surface area contributed by atoms with E-state index < -0.39 is 0 Å². The largest absolute Gasteiger partial charge is 0.495 e. The van der Waals surface area contributed by atoms with E-state index in [0.29, 0.717) is 23.5 Å². The van der Waals surface area contributed by atoms with Gasteiger partial charge in [0.05, 0.1) is 18.4 Å². The fourth-order valence-electron chi connectivity index (χ4n) is 4.35. The zero-order valence-electron chi connectivity index (χ0n) is 21.4. The normalized spacial score (nSPS) is 13.1. The molecule has 2 N–H and O–H groups in total. The number of nitrogens with one attached hydrogen (secondary N) is 2. The van der Waals surface area contributed by atoms with Crippen LogP contribution in [-0.2, 0) is 4.79 Å². The number of anilines is 3. The molecule has 1 saturated heterocycles. The molecular weight excluding hydrogens is 468 g/mol. The third kappa shape index (κ3) is 6.73. The second kappa shape index (κ2) is 12.7. The summed E-state index contributed by atoms with van der Waals surface area (Å²) in [5, 5.41) is 5.83. The van der Waals surface area contributed by atoms with Crippen molar-refractivity contribution in [3.63, 3.8) is 0 Å². The molecule has 4 rings (SSSR count). The first-order chi connectivity index (χ1) is 18.1. The van der Waals surface area contributed by atoms with Gasteiger partial charge in [0.25, 0.3) is 11.8 Å². The molecule has 8 heteroatoms. The quantitative estimate of drug-likeness (QED) is 0.433. The Labute approximate surface area is 218 Å². The summed E-state index contributed by atoms with van der Waals surface area (Å²) in [4.78, 5) is 30.1. The fourth-order valence-corrected chi connectivity index (χ4v) is 4.35. The van der Waals surface area contributed by atoms with Crippen molar-refractivity contribution < 1.29 is 19.1 Å². The lowest BCUT2D eigenvalue weighted by Gasteiger charge is -2.38. The average molecular weight is 503 g/mol. The number of amides is 2. The molecule has 0 bridgehead atoms. The highest BCUT2D eigenvalue weighted by Gasteiger charge is 2.23. The first-order valence-corrected chi connectivity index (χ1v) is 12.6. The maximum atomic E-state index is 13.1. The molecule has 0 spiro atoms. The van der Waals surface area contributed by atoms with Crippen LogP contribution in [0.4, 0.5) is 17.1 Å². The van der Waals surface area contributed by atoms with Gasteiger partial charge in [-0.15, -0.1) is 0 Å². The third-order valence-corrected chi connectivity index (χ3v) is 6.22. The smallest absolute Gasteiger partial charge is 0.262 e. The topological polar surface area (TPSA) is 83.1 Å².